The quantitative estimate of drug-likeness (QED) is 0.871. The number of nitrogens with two attached hydrogens (primary N) is 1. The van der Waals surface area contributed by atoms with E-state index in [1.807, 2.05) is 0 Å². The van der Waals surface area contributed by atoms with Crippen LogP contribution in [0.1, 0.15) is 25.0 Å². The number of ether oxygens (including phenoxy) is 1. The number of aromatic nitrogens is 1. The van der Waals surface area contributed by atoms with Crippen molar-refractivity contribution in [3.05, 3.63) is 24.0 Å². The van der Waals surface area contributed by atoms with Crippen molar-refractivity contribution in [3.63, 3.8) is 0 Å². The van der Waals surface area contributed by atoms with Crippen LogP contribution in [0.5, 0.6) is 5.75 Å². The van der Waals surface area contributed by atoms with Gasteiger partial charge in [-0.2, -0.15) is 13.2 Å². The minimum absolute atomic E-state index is 0.0106. The van der Waals surface area contributed by atoms with E-state index in [0.29, 0.717) is 5.75 Å². The van der Waals surface area contributed by atoms with Gasteiger partial charge < -0.3 is 10.5 Å². The van der Waals surface area contributed by atoms with Gasteiger partial charge >= 0.3 is 6.18 Å². The van der Waals surface area contributed by atoms with Crippen molar-refractivity contribution < 1.29 is 17.9 Å². The Morgan fingerprint density at radius 1 is 1.29 bits per heavy atom. The van der Waals surface area contributed by atoms with E-state index < -0.39 is 11.9 Å². The van der Waals surface area contributed by atoms with Crippen molar-refractivity contribution in [2.75, 3.05) is 0 Å². The van der Waals surface area contributed by atoms with Gasteiger partial charge in [0.2, 0.25) is 0 Å². The van der Waals surface area contributed by atoms with Gasteiger partial charge in [-0.15, -0.1) is 0 Å². The lowest BCUT2D eigenvalue weighted by Gasteiger charge is -2.13. The molecule has 17 heavy (non-hydrogen) atoms. The monoisotopic (exact) mass is 246 g/mol. The third kappa shape index (κ3) is 3.09. The Balaban J connectivity index is 1.99. The Morgan fingerprint density at radius 3 is 2.53 bits per heavy atom. The number of rotatable bonds is 2. The first-order chi connectivity index (χ1) is 7.95. The fourth-order valence-electron chi connectivity index (χ4n) is 1.89. The van der Waals surface area contributed by atoms with Crippen molar-refractivity contribution in [3.8, 4) is 5.75 Å². The average Bonchev–Trinajstić information content (AvgIpc) is 2.63. The Morgan fingerprint density at radius 2 is 2.06 bits per heavy atom. The number of nitrogens with zero attached hydrogens (tertiary/aromatic N) is 1. The van der Waals surface area contributed by atoms with E-state index in [1.165, 1.54) is 6.07 Å². The molecule has 0 radical (unpaired) electrons. The SMILES string of the molecule is N[C@H]1CC[C@H](Oc2ccc(C(F)(F)F)nc2)C1. The molecule has 1 aromatic rings. The molecule has 0 aromatic carbocycles. The first kappa shape index (κ1) is 12.2. The molecule has 1 saturated carbocycles. The van der Waals surface area contributed by atoms with Gasteiger partial charge in [-0.1, -0.05) is 0 Å². The fourth-order valence-corrected chi connectivity index (χ4v) is 1.89. The molecule has 0 unspecified atom stereocenters. The summed E-state index contributed by atoms with van der Waals surface area (Å²) in [6, 6.07) is 2.34. The average molecular weight is 246 g/mol. The van der Waals surface area contributed by atoms with Crippen LogP contribution in [0, 0.1) is 0 Å². The summed E-state index contributed by atoms with van der Waals surface area (Å²) in [5.41, 5.74) is 4.81. The van der Waals surface area contributed by atoms with Crippen LogP contribution in [-0.4, -0.2) is 17.1 Å². The molecular formula is C11H13F3N2O. The third-order valence-electron chi connectivity index (χ3n) is 2.75. The molecule has 1 aromatic heterocycles. The molecule has 0 saturated heterocycles. The Hall–Kier alpha value is -1.30. The van der Waals surface area contributed by atoms with Crippen LogP contribution >= 0.6 is 0 Å². The van der Waals surface area contributed by atoms with Gasteiger partial charge in [0.05, 0.1) is 6.20 Å². The lowest BCUT2D eigenvalue weighted by molar-refractivity contribution is -0.141. The Bertz CT molecular complexity index is 377. The van der Waals surface area contributed by atoms with E-state index >= 15 is 0 Å². The van der Waals surface area contributed by atoms with Crippen molar-refractivity contribution in [2.24, 2.45) is 5.73 Å². The molecule has 0 amide bonds. The highest BCUT2D eigenvalue weighted by molar-refractivity contribution is 5.21. The van der Waals surface area contributed by atoms with Crippen molar-refractivity contribution in [1.82, 2.24) is 4.98 Å². The highest BCUT2D eigenvalue weighted by Crippen LogP contribution is 2.29. The zero-order valence-electron chi connectivity index (χ0n) is 9.07. The highest BCUT2D eigenvalue weighted by Gasteiger charge is 2.32. The van der Waals surface area contributed by atoms with Crippen molar-refractivity contribution >= 4 is 0 Å². The molecule has 94 valence electrons. The number of pyridine rings is 1. The van der Waals surface area contributed by atoms with E-state index in [1.54, 1.807) is 0 Å². The largest absolute Gasteiger partial charge is 0.489 e. The maximum Gasteiger partial charge on any atom is 0.433 e. The summed E-state index contributed by atoms with van der Waals surface area (Å²) in [5, 5.41) is 0. The van der Waals surface area contributed by atoms with Gasteiger partial charge in [0.25, 0.3) is 0 Å². The maximum atomic E-state index is 12.3. The molecule has 2 N–H and O–H groups in total. The van der Waals surface area contributed by atoms with Crippen LogP contribution in [0.4, 0.5) is 13.2 Å². The molecular weight excluding hydrogens is 233 g/mol. The van der Waals surface area contributed by atoms with E-state index in [4.69, 9.17) is 10.5 Å². The Kier molecular flexibility index (Phi) is 3.24. The van der Waals surface area contributed by atoms with Gasteiger partial charge in [0, 0.05) is 6.04 Å². The van der Waals surface area contributed by atoms with Gasteiger partial charge in [-0.05, 0) is 31.4 Å². The summed E-state index contributed by atoms with van der Waals surface area (Å²) >= 11 is 0. The fraction of sp³-hybridized carbons (Fsp3) is 0.545. The third-order valence-corrected chi connectivity index (χ3v) is 2.75. The molecule has 2 rings (SSSR count). The van der Waals surface area contributed by atoms with Crippen LogP contribution in [0.15, 0.2) is 18.3 Å². The summed E-state index contributed by atoms with van der Waals surface area (Å²) in [4.78, 5) is 3.33. The van der Waals surface area contributed by atoms with E-state index in [-0.39, 0.29) is 12.1 Å². The molecule has 6 heteroatoms. The first-order valence-corrected chi connectivity index (χ1v) is 5.40. The topological polar surface area (TPSA) is 48.1 Å². The molecule has 2 atom stereocenters. The van der Waals surface area contributed by atoms with Crippen LogP contribution in [0.3, 0.4) is 0 Å². The van der Waals surface area contributed by atoms with Gasteiger partial charge in [-0.3, -0.25) is 0 Å². The first-order valence-electron chi connectivity index (χ1n) is 5.40. The summed E-state index contributed by atoms with van der Waals surface area (Å²) in [6.07, 6.45) is -0.855. The summed E-state index contributed by atoms with van der Waals surface area (Å²) < 4.78 is 42.3. The second-order valence-electron chi connectivity index (χ2n) is 4.19. The van der Waals surface area contributed by atoms with Crippen LogP contribution < -0.4 is 10.5 Å². The minimum atomic E-state index is -4.41. The smallest absolute Gasteiger partial charge is 0.433 e. The van der Waals surface area contributed by atoms with Crippen molar-refractivity contribution in [1.29, 1.82) is 0 Å². The number of halogens is 3. The van der Waals surface area contributed by atoms with Gasteiger partial charge in [0.15, 0.2) is 0 Å². The molecule has 1 heterocycles. The number of alkyl halides is 3. The summed E-state index contributed by atoms with van der Waals surface area (Å²) in [6.45, 7) is 0. The molecule has 3 nitrogen and oxygen atoms in total. The lowest BCUT2D eigenvalue weighted by Crippen LogP contribution is -2.19. The van der Waals surface area contributed by atoms with E-state index in [2.05, 4.69) is 4.98 Å². The van der Waals surface area contributed by atoms with Crippen LogP contribution in [0.2, 0.25) is 0 Å². The highest BCUT2D eigenvalue weighted by atomic mass is 19.4. The van der Waals surface area contributed by atoms with Gasteiger partial charge in [0.1, 0.15) is 17.5 Å². The van der Waals surface area contributed by atoms with E-state index in [9.17, 15) is 13.2 Å². The molecule has 1 fully saturated rings. The number of hydrogen-bond acceptors (Lipinski definition) is 3. The summed E-state index contributed by atoms with van der Waals surface area (Å²) in [5.74, 6) is 0.358. The molecule has 1 aliphatic rings. The van der Waals surface area contributed by atoms with Crippen molar-refractivity contribution in [2.45, 2.75) is 37.6 Å². The van der Waals surface area contributed by atoms with Crippen LogP contribution in [-0.2, 0) is 6.18 Å². The van der Waals surface area contributed by atoms with E-state index in [0.717, 1.165) is 31.5 Å². The van der Waals surface area contributed by atoms with Gasteiger partial charge in [-0.25, -0.2) is 4.98 Å². The second-order valence-corrected chi connectivity index (χ2v) is 4.19. The summed E-state index contributed by atoms with van der Waals surface area (Å²) in [7, 11) is 0. The lowest BCUT2D eigenvalue weighted by atomic mass is 10.3. The standard InChI is InChI=1S/C11H13F3N2O/c12-11(13,14)10-4-3-9(6-16-10)17-8-2-1-7(15)5-8/h3-4,6-8H,1-2,5,15H2/t7-,8-/m0/s1. The molecule has 0 bridgehead atoms. The normalized spacial score (nSPS) is 24.9. The molecule has 0 spiro atoms. The Labute approximate surface area is 96.8 Å². The van der Waals surface area contributed by atoms with Crippen LogP contribution in [0.25, 0.3) is 0 Å². The molecule has 1 aliphatic carbocycles. The zero-order valence-corrected chi connectivity index (χ0v) is 9.07. The zero-order chi connectivity index (χ0) is 12.5. The predicted octanol–water partition coefficient (Wildman–Crippen LogP) is 2.36. The number of hydrogen-bond donors (Lipinski definition) is 1. The predicted molar refractivity (Wildman–Crippen MR) is 55.5 cm³/mol. The molecule has 0 aliphatic heterocycles. The maximum absolute atomic E-state index is 12.3. The minimum Gasteiger partial charge on any atom is -0.489 e. The second kappa shape index (κ2) is 4.52.